The number of ether oxygens (including phenoxy) is 1. The molecular formula is C9H13NO2. The minimum absolute atomic E-state index is 0.151. The summed E-state index contributed by atoms with van der Waals surface area (Å²) < 4.78 is 4.98. The Morgan fingerprint density at radius 1 is 1.50 bits per heavy atom. The average molecular weight is 167 g/mol. The molecule has 66 valence electrons. The SMILES string of the molecule is COc1c(C)cc(CN)cc1O. The molecular weight excluding hydrogens is 154 g/mol. The smallest absolute Gasteiger partial charge is 0.163 e. The standard InChI is InChI=1S/C9H13NO2/c1-6-3-7(5-10)4-8(11)9(6)12-2/h3-4,11H,5,10H2,1-2H3. The lowest BCUT2D eigenvalue weighted by Crippen LogP contribution is -1.97. The van der Waals surface area contributed by atoms with Crippen molar-refractivity contribution in [3.63, 3.8) is 0 Å². The molecule has 0 atom stereocenters. The van der Waals surface area contributed by atoms with E-state index in [1.807, 2.05) is 13.0 Å². The second kappa shape index (κ2) is 3.45. The Kier molecular flexibility index (Phi) is 2.55. The lowest BCUT2D eigenvalue weighted by Gasteiger charge is -2.08. The van der Waals surface area contributed by atoms with Crippen LogP contribution in [0.5, 0.6) is 11.5 Å². The normalized spacial score (nSPS) is 9.92. The molecule has 1 aromatic carbocycles. The lowest BCUT2D eigenvalue weighted by molar-refractivity contribution is 0.370. The number of methoxy groups -OCH3 is 1. The summed E-state index contributed by atoms with van der Waals surface area (Å²) in [4.78, 5) is 0. The highest BCUT2D eigenvalue weighted by atomic mass is 16.5. The van der Waals surface area contributed by atoms with E-state index in [0.717, 1.165) is 11.1 Å². The summed E-state index contributed by atoms with van der Waals surface area (Å²) in [6.45, 7) is 2.30. The van der Waals surface area contributed by atoms with Crippen molar-refractivity contribution in [2.75, 3.05) is 7.11 Å². The third-order valence-corrected chi connectivity index (χ3v) is 1.75. The van der Waals surface area contributed by atoms with Crippen LogP contribution >= 0.6 is 0 Å². The first-order valence-electron chi connectivity index (χ1n) is 3.75. The Labute approximate surface area is 71.8 Å². The first-order valence-corrected chi connectivity index (χ1v) is 3.75. The molecule has 0 aliphatic heterocycles. The molecule has 12 heavy (non-hydrogen) atoms. The van der Waals surface area contributed by atoms with Crippen molar-refractivity contribution in [1.29, 1.82) is 0 Å². The number of nitrogens with two attached hydrogens (primary N) is 1. The number of aryl methyl sites for hydroxylation is 1. The highest BCUT2D eigenvalue weighted by Gasteiger charge is 2.05. The van der Waals surface area contributed by atoms with Crippen LogP contribution in [0.4, 0.5) is 0 Å². The number of hydrogen-bond donors (Lipinski definition) is 2. The number of phenols is 1. The fourth-order valence-corrected chi connectivity index (χ4v) is 1.21. The van der Waals surface area contributed by atoms with E-state index < -0.39 is 0 Å². The molecule has 3 N–H and O–H groups in total. The van der Waals surface area contributed by atoms with E-state index >= 15 is 0 Å². The van der Waals surface area contributed by atoms with Crippen molar-refractivity contribution in [1.82, 2.24) is 0 Å². The van der Waals surface area contributed by atoms with Crippen LogP contribution in [-0.4, -0.2) is 12.2 Å². The summed E-state index contributed by atoms with van der Waals surface area (Å²) >= 11 is 0. The van der Waals surface area contributed by atoms with Crippen molar-refractivity contribution in [2.45, 2.75) is 13.5 Å². The largest absolute Gasteiger partial charge is 0.504 e. The maximum absolute atomic E-state index is 9.42. The van der Waals surface area contributed by atoms with Crippen LogP contribution in [0, 0.1) is 6.92 Å². The van der Waals surface area contributed by atoms with Gasteiger partial charge in [-0.1, -0.05) is 6.07 Å². The van der Waals surface area contributed by atoms with Gasteiger partial charge >= 0.3 is 0 Å². The van der Waals surface area contributed by atoms with Gasteiger partial charge in [-0.2, -0.15) is 0 Å². The predicted molar refractivity (Wildman–Crippen MR) is 47.3 cm³/mol. The molecule has 0 saturated heterocycles. The van der Waals surface area contributed by atoms with E-state index in [1.165, 1.54) is 7.11 Å². The molecule has 0 spiro atoms. The molecule has 0 heterocycles. The van der Waals surface area contributed by atoms with Crippen LogP contribution in [0.2, 0.25) is 0 Å². The van der Waals surface area contributed by atoms with Gasteiger partial charge < -0.3 is 15.6 Å². The van der Waals surface area contributed by atoms with E-state index in [-0.39, 0.29) is 5.75 Å². The zero-order valence-electron chi connectivity index (χ0n) is 7.29. The van der Waals surface area contributed by atoms with E-state index in [2.05, 4.69) is 0 Å². The Morgan fingerprint density at radius 3 is 2.58 bits per heavy atom. The van der Waals surface area contributed by atoms with Crippen molar-refractivity contribution in [3.05, 3.63) is 23.3 Å². The fourth-order valence-electron chi connectivity index (χ4n) is 1.21. The van der Waals surface area contributed by atoms with Crippen LogP contribution in [0.15, 0.2) is 12.1 Å². The van der Waals surface area contributed by atoms with Gasteiger partial charge in [-0.15, -0.1) is 0 Å². The van der Waals surface area contributed by atoms with Gasteiger partial charge in [0, 0.05) is 6.54 Å². The number of rotatable bonds is 2. The average Bonchev–Trinajstić information content (AvgIpc) is 2.03. The van der Waals surface area contributed by atoms with Gasteiger partial charge in [-0.05, 0) is 24.1 Å². The molecule has 0 aliphatic carbocycles. The minimum Gasteiger partial charge on any atom is -0.504 e. The first-order chi connectivity index (χ1) is 5.69. The van der Waals surface area contributed by atoms with Gasteiger partial charge in [0.05, 0.1) is 7.11 Å². The van der Waals surface area contributed by atoms with Gasteiger partial charge in [0.25, 0.3) is 0 Å². The zero-order chi connectivity index (χ0) is 9.14. The minimum atomic E-state index is 0.151. The monoisotopic (exact) mass is 167 g/mol. The van der Waals surface area contributed by atoms with Crippen LogP contribution in [0.1, 0.15) is 11.1 Å². The molecule has 0 aliphatic rings. The van der Waals surface area contributed by atoms with Gasteiger partial charge in [0.1, 0.15) is 0 Å². The molecule has 0 unspecified atom stereocenters. The second-order valence-corrected chi connectivity index (χ2v) is 2.67. The number of benzene rings is 1. The summed E-state index contributed by atoms with van der Waals surface area (Å²) in [6.07, 6.45) is 0. The van der Waals surface area contributed by atoms with Crippen molar-refractivity contribution < 1.29 is 9.84 Å². The lowest BCUT2D eigenvalue weighted by atomic mass is 10.1. The Hall–Kier alpha value is -1.22. The number of phenolic OH excluding ortho intramolecular Hbond substituents is 1. The maximum Gasteiger partial charge on any atom is 0.163 e. The molecule has 0 radical (unpaired) electrons. The first kappa shape index (κ1) is 8.87. The van der Waals surface area contributed by atoms with Crippen LogP contribution in [0.25, 0.3) is 0 Å². The predicted octanol–water partition coefficient (Wildman–Crippen LogP) is 1.17. The summed E-state index contributed by atoms with van der Waals surface area (Å²) in [5.41, 5.74) is 7.24. The zero-order valence-corrected chi connectivity index (χ0v) is 7.29. The summed E-state index contributed by atoms with van der Waals surface area (Å²) in [6, 6.07) is 3.52. The molecule has 0 fully saturated rings. The molecule has 0 amide bonds. The van der Waals surface area contributed by atoms with E-state index in [4.69, 9.17) is 10.5 Å². The quantitative estimate of drug-likeness (QED) is 0.695. The van der Waals surface area contributed by atoms with Crippen molar-refractivity contribution in [3.8, 4) is 11.5 Å². The third-order valence-electron chi connectivity index (χ3n) is 1.75. The van der Waals surface area contributed by atoms with E-state index in [9.17, 15) is 5.11 Å². The molecule has 3 heteroatoms. The van der Waals surface area contributed by atoms with Crippen LogP contribution in [-0.2, 0) is 6.54 Å². The number of hydrogen-bond acceptors (Lipinski definition) is 3. The fraction of sp³-hybridized carbons (Fsp3) is 0.333. The Morgan fingerprint density at radius 2 is 2.17 bits per heavy atom. The van der Waals surface area contributed by atoms with Gasteiger partial charge in [-0.3, -0.25) is 0 Å². The molecule has 0 aromatic heterocycles. The van der Waals surface area contributed by atoms with Crippen LogP contribution in [0.3, 0.4) is 0 Å². The molecule has 1 aromatic rings. The van der Waals surface area contributed by atoms with Gasteiger partial charge in [0.2, 0.25) is 0 Å². The Bertz CT molecular complexity index is 261. The molecule has 3 nitrogen and oxygen atoms in total. The number of aromatic hydroxyl groups is 1. The molecule has 0 bridgehead atoms. The van der Waals surface area contributed by atoms with Crippen LogP contribution < -0.4 is 10.5 Å². The Balaban J connectivity index is 3.18. The summed E-state index contributed by atoms with van der Waals surface area (Å²) in [5, 5.41) is 9.42. The van der Waals surface area contributed by atoms with Gasteiger partial charge in [-0.25, -0.2) is 0 Å². The van der Waals surface area contributed by atoms with E-state index in [0.29, 0.717) is 12.3 Å². The van der Waals surface area contributed by atoms with E-state index in [1.54, 1.807) is 6.07 Å². The maximum atomic E-state index is 9.42. The van der Waals surface area contributed by atoms with Gasteiger partial charge in [0.15, 0.2) is 11.5 Å². The highest BCUT2D eigenvalue weighted by Crippen LogP contribution is 2.30. The third kappa shape index (κ3) is 1.51. The molecule has 1 rings (SSSR count). The highest BCUT2D eigenvalue weighted by molar-refractivity contribution is 5.47. The molecule has 0 saturated carbocycles. The summed E-state index contributed by atoms with van der Waals surface area (Å²) in [5.74, 6) is 0.671. The second-order valence-electron chi connectivity index (χ2n) is 2.67. The van der Waals surface area contributed by atoms with Crippen molar-refractivity contribution >= 4 is 0 Å². The topological polar surface area (TPSA) is 55.5 Å². The van der Waals surface area contributed by atoms with Crippen molar-refractivity contribution in [2.24, 2.45) is 5.73 Å². The summed E-state index contributed by atoms with van der Waals surface area (Å²) in [7, 11) is 1.53.